The van der Waals surface area contributed by atoms with E-state index in [9.17, 15) is 9.18 Å². The molecule has 0 fully saturated rings. The number of thiophene rings is 1. The predicted octanol–water partition coefficient (Wildman–Crippen LogP) is 4.63. The lowest BCUT2D eigenvalue weighted by Gasteiger charge is -2.25. The lowest BCUT2D eigenvalue weighted by atomic mass is 10.3. The van der Waals surface area contributed by atoms with Crippen molar-refractivity contribution in [3.8, 4) is 5.75 Å². The molecule has 0 saturated heterocycles. The molecule has 122 valence electrons. The third-order valence-electron chi connectivity index (χ3n) is 3.13. The van der Waals surface area contributed by atoms with Crippen LogP contribution in [-0.4, -0.2) is 23.5 Å². The maximum absolute atomic E-state index is 13.1. The summed E-state index contributed by atoms with van der Waals surface area (Å²) in [6.07, 6.45) is 1.00. The Kier molecular flexibility index (Phi) is 6.36. The second-order valence-corrected chi connectivity index (χ2v) is 6.81. The summed E-state index contributed by atoms with van der Waals surface area (Å²) in [5, 5.41) is 1.97. The molecular formula is C17H17BrFNO2S. The van der Waals surface area contributed by atoms with Crippen molar-refractivity contribution >= 4 is 33.2 Å². The van der Waals surface area contributed by atoms with Gasteiger partial charge in [0.2, 0.25) is 0 Å². The van der Waals surface area contributed by atoms with Gasteiger partial charge in [0.1, 0.15) is 11.6 Å². The fourth-order valence-corrected chi connectivity index (χ4v) is 3.21. The number of rotatable bonds is 7. The first kappa shape index (κ1) is 17.7. The summed E-state index contributed by atoms with van der Waals surface area (Å²) < 4.78 is 19.3. The van der Waals surface area contributed by atoms with Crippen LogP contribution in [0.5, 0.6) is 5.75 Å². The van der Waals surface area contributed by atoms with Crippen molar-refractivity contribution in [2.45, 2.75) is 19.6 Å². The predicted molar refractivity (Wildman–Crippen MR) is 94.1 cm³/mol. The minimum Gasteiger partial charge on any atom is -0.480 e. The van der Waals surface area contributed by atoms with Crippen molar-refractivity contribution in [3.05, 3.63) is 63.5 Å². The smallest absolute Gasteiger partial charge is 0.263 e. The highest BCUT2D eigenvalue weighted by Crippen LogP contribution is 2.26. The molecule has 1 unspecified atom stereocenters. The first-order chi connectivity index (χ1) is 11.0. The lowest BCUT2D eigenvalue weighted by Crippen LogP contribution is -2.40. The number of ether oxygens (including phenoxy) is 1. The van der Waals surface area contributed by atoms with E-state index < -0.39 is 6.10 Å². The molecule has 0 aliphatic heterocycles. The quantitative estimate of drug-likeness (QED) is 0.637. The Labute approximate surface area is 147 Å². The highest BCUT2D eigenvalue weighted by Gasteiger charge is 2.22. The molecule has 2 aromatic rings. The van der Waals surface area contributed by atoms with Gasteiger partial charge in [0.15, 0.2) is 6.10 Å². The Balaban J connectivity index is 2.07. The van der Waals surface area contributed by atoms with Crippen molar-refractivity contribution in [1.82, 2.24) is 4.90 Å². The van der Waals surface area contributed by atoms with Crippen LogP contribution in [0.4, 0.5) is 4.39 Å². The number of hydrogen-bond acceptors (Lipinski definition) is 3. The van der Waals surface area contributed by atoms with Gasteiger partial charge in [0.25, 0.3) is 5.91 Å². The summed E-state index contributed by atoms with van der Waals surface area (Å²) >= 11 is 4.83. The molecule has 1 amide bonds. The topological polar surface area (TPSA) is 29.5 Å². The van der Waals surface area contributed by atoms with Crippen molar-refractivity contribution in [1.29, 1.82) is 0 Å². The van der Waals surface area contributed by atoms with Crippen LogP contribution in [0.25, 0.3) is 0 Å². The third-order valence-corrected chi connectivity index (χ3v) is 4.61. The van der Waals surface area contributed by atoms with Gasteiger partial charge in [-0.1, -0.05) is 12.1 Å². The fourth-order valence-electron chi connectivity index (χ4n) is 2.05. The van der Waals surface area contributed by atoms with Gasteiger partial charge >= 0.3 is 0 Å². The zero-order valence-corrected chi connectivity index (χ0v) is 15.1. The first-order valence-electron chi connectivity index (χ1n) is 7.05. The summed E-state index contributed by atoms with van der Waals surface area (Å²) in [6, 6.07) is 8.03. The minimum absolute atomic E-state index is 0.144. The van der Waals surface area contributed by atoms with E-state index in [4.69, 9.17) is 4.74 Å². The van der Waals surface area contributed by atoms with E-state index in [-0.39, 0.29) is 11.7 Å². The number of benzene rings is 1. The average Bonchev–Trinajstić information content (AvgIpc) is 3.02. The second kappa shape index (κ2) is 8.26. The molecule has 0 bridgehead atoms. The van der Waals surface area contributed by atoms with Gasteiger partial charge in [-0.15, -0.1) is 17.9 Å². The number of halogens is 2. The fraction of sp³-hybridized carbons (Fsp3) is 0.235. The Bertz CT molecular complexity index is 675. The molecule has 1 aromatic carbocycles. The van der Waals surface area contributed by atoms with Crippen molar-refractivity contribution in [2.75, 3.05) is 6.54 Å². The number of nitrogens with zero attached hydrogens (tertiary/aromatic N) is 1. The van der Waals surface area contributed by atoms with Crippen molar-refractivity contribution < 1.29 is 13.9 Å². The van der Waals surface area contributed by atoms with Gasteiger partial charge in [0.05, 0.1) is 11.0 Å². The summed E-state index contributed by atoms with van der Waals surface area (Å²) in [7, 11) is 0. The van der Waals surface area contributed by atoms with Gasteiger partial charge in [-0.3, -0.25) is 4.79 Å². The summed E-state index contributed by atoms with van der Waals surface area (Å²) in [4.78, 5) is 15.4. The lowest BCUT2D eigenvalue weighted by molar-refractivity contribution is -0.138. The highest BCUT2D eigenvalue weighted by atomic mass is 79.9. The van der Waals surface area contributed by atoms with Gasteiger partial charge < -0.3 is 9.64 Å². The SMILES string of the molecule is C=CCN(Cc1cccs1)C(=O)C(C)Oc1ccc(F)cc1Br. The summed E-state index contributed by atoms with van der Waals surface area (Å²) in [6.45, 7) is 6.34. The van der Waals surface area contributed by atoms with E-state index in [1.165, 1.54) is 18.2 Å². The normalized spacial score (nSPS) is 11.8. The number of hydrogen-bond donors (Lipinski definition) is 0. The molecule has 0 radical (unpaired) electrons. The van der Waals surface area contributed by atoms with E-state index in [0.29, 0.717) is 23.3 Å². The molecule has 6 heteroatoms. The molecule has 0 aliphatic rings. The number of amides is 1. The maximum atomic E-state index is 13.1. The van der Waals surface area contributed by atoms with Gasteiger partial charge in [-0.2, -0.15) is 0 Å². The Hall–Kier alpha value is -1.66. The largest absolute Gasteiger partial charge is 0.480 e. The van der Waals surface area contributed by atoms with Crippen LogP contribution in [-0.2, 0) is 11.3 Å². The molecule has 23 heavy (non-hydrogen) atoms. The van der Waals surface area contributed by atoms with E-state index in [1.807, 2.05) is 17.5 Å². The number of carbonyl (C=O) groups is 1. The van der Waals surface area contributed by atoms with E-state index >= 15 is 0 Å². The van der Waals surface area contributed by atoms with Crippen LogP contribution in [0.3, 0.4) is 0 Å². The van der Waals surface area contributed by atoms with Crippen LogP contribution >= 0.6 is 27.3 Å². The van der Waals surface area contributed by atoms with Crippen LogP contribution in [0, 0.1) is 5.82 Å². The van der Waals surface area contributed by atoms with Crippen molar-refractivity contribution in [3.63, 3.8) is 0 Å². The molecule has 1 atom stereocenters. The van der Waals surface area contributed by atoms with Crippen LogP contribution in [0.15, 0.2) is 52.8 Å². The molecule has 1 heterocycles. The molecule has 0 N–H and O–H groups in total. The zero-order chi connectivity index (χ0) is 16.8. The molecule has 1 aromatic heterocycles. The Morgan fingerprint density at radius 2 is 2.30 bits per heavy atom. The van der Waals surface area contributed by atoms with E-state index in [0.717, 1.165) is 4.88 Å². The Morgan fingerprint density at radius 3 is 2.91 bits per heavy atom. The molecular weight excluding hydrogens is 381 g/mol. The molecule has 0 aliphatic carbocycles. The third kappa shape index (κ3) is 4.91. The summed E-state index contributed by atoms with van der Waals surface area (Å²) in [5.74, 6) is -0.0781. The van der Waals surface area contributed by atoms with Crippen LogP contribution in [0.1, 0.15) is 11.8 Å². The van der Waals surface area contributed by atoms with Gasteiger partial charge in [0, 0.05) is 11.4 Å². The molecule has 3 nitrogen and oxygen atoms in total. The van der Waals surface area contributed by atoms with Crippen LogP contribution < -0.4 is 4.74 Å². The molecule has 2 rings (SSSR count). The number of carbonyl (C=O) groups excluding carboxylic acids is 1. The van der Waals surface area contributed by atoms with Crippen LogP contribution in [0.2, 0.25) is 0 Å². The Morgan fingerprint density at radius 1 is 1.52 bits per heavy atom. The van der Waals surface area contributed by atoms with E-state index in [1.54, 1.807) is 29.2 Å². The minimum atomic E-state index is -0.684. The van der Waals surface area contributed by atoms with Crippen molar-refractivity contribution in [2.24, 2.45) is 0 Å². The van der Waals surface area contributed by atoms with Gasteiger partial charge in [-0.05, 0) is 52.5 Å². The monoisotopic (exact) mass is 397 g/mol. The second-order valence-electron chi connectivity index (χ2n) is 4.92. The maximum Gasteiger partial charge on any atom is 0.263 e. The highest BCUT2D eigenvalue weighted by molar-refractivity contribution is 9.10. The summed E-state index contributed by atoms with van der Waals surface area (Å²) in [5.41, 5.74) is 0. The molecule has 0 spiro atoms. The molecule has 0 saturated carbocycles. The van der Waals surface area contributed by atoms with E-state index in [2.05, 4.69) is 22.5 Å². The van der Waals surface area contributed by atoms with Gasteiger partial charge in [-0.25, -0.2) is 4.39 Å². The standard InChI is InChI=1S/C17H17BrFNO2S/c1-3-8-20(11-14-5-4-9-23-14)17(21)12(2)22-16-7-6-13(19)10-15(16)18/h3-7,9-10,12H,1,8,11H2,2H3. The zero-order valence-electron chi connectivity index (χ0n) is 12.7. The average molecular weight is 398 g/mol. The first-order valence-corrected chi connectivity index (χ1v) is 8.72.